The van der Waals surface area contributed by atoms with Crippen molar-refractivity contribution in [2.75, 3.05) is 6.54 Å². The van der Waals surface area contributed by atoms with Gasteiger partial charge in [0.05, 0.1) is 16.9 Å². The monoisotopic (exact) mass is 201 g/mol. The van der Waals surface area contributed by atoms with Crippen molar-refractivity contribution in [2.24, 2.45) is 5.73 Å². The second-order valence-electron chi connectivity index (χ2n) is 3.05. The fourth-order valence-electron chi connectivity index (χ4n) is 1.31. The molecule has 0 saturated heterocycles. The molecular formula is C9H16ClN3. The summed E-state index contributed by atoms with van der Waals surface area (Å²) in [6, 6.07) is 0. The number of nitrogens with zero attached hydrogens (tertiary/aromatic N) is 2. The van der Waals surface area contributed by atoms with Crippen LogP contribution >= 0.6 is 11.6 Å². The van der Waals surface area contributed by atoms with E-state index in [0.29, 0.717) is 6.54 Å². The van der Waals surface area contributed by atoms with Crippen LogP contribution in [0.4, 0.5) is 0 Å². The van der Waals surface area contributed by atoms with Crippen LogP contribution < -0.4 is 5.73 Å². The molecule has 74 valence electrons. The third-order valence-corrected chi connectivity index (χ3v) is 2.27. The smallest absolute Gasteiger partial charge is 0.0817 e. The minimum Gasteiger partial charge on any atom is -0.330 e. The first kappa shape index (κ1) is 10.5. The van der Waals surface area contributed by atoms with Crippen molar-refractivity contribution >= 4 is 11.6 Å². The van der Waals surface area contributed by atoms with Crippen LogP contribution in [0.2, 0.25) is 5.02 Å². The van der Waals surface area contributed by atoms with E-state index in [2.05, 4.69) is 12.0 Å². The number of nitrogens with two attached hydrogens (primary N) is 1. The Hall–Kier alpha value is -0.540. The number of aryl methyl sites for hydroxylation is 1. The van der Waals surface area contributed by atoms with E-state index in [1.807, 2.05) is 4.68 Å². The van der Waals surface area contributed by atoms with Crippen molar-refractivity contribution in [1.82, 2.24) is 9.78 Å². The average Bonchev–Trinajstić information content (AvgIpc) is 2.45. The lowest BCUT2D eigenvalue weighted by Gasteiger charge is -2.05. The normalized spacial score (nSPS) is 10.7. The molecule has 3 nitrogen and oxygen atoms in total. The van der Waals surface area contributed by atoms with Gasteiger partial charge in [0.2, 0.25) is 0 Å². The first-order valence-electron chi connectivity index (χ1n) is 4.69. The van der Waals surface area contributed by atoms with E-state index in [1.54, 1.807) is 6.20 Å². The Balaban J connectivity index is 2.69. The number of hydrogen-bond donors (Lipinski definition) is 1. The Morgan fingerprint density at radius 1 is 1.62 bits per heavy atom. The lowest BCUT2D eigenvalue weighted by molar-refractivity contribution is 0.568. The molecule has 0 atom stereocenters. The Morgan fingerprint density at radius 3 is 3.00 bits per heavy atom. The van der Waals surface area contributed by atoms with Gasteiger partial charge in [-0.15, -0.1) is 0 Å². The maximum Gasteiger partial charge on any atom is 0.0817 e. The molecule has 0 fully saturated rings. The largest absolute Gasteiger partial charge is 0.330 e. The van der Waals surface area contributed by atoms with Crippen molar-refractivity contribution < 1.29 is 0 Å². The Morgan fingerprint density at radius 2 is 2.38 bits per heavy atom. The van der Waals surface area contributed by atoms with Crippen molar-refractivity contribution in [3.8, 4) is 0 Å². The van der Waals surface area contributed by atoms with Crippen LogP contribution in [0.1, 0.15) is 25.5 Å². The molecule has 0 aliphatic rings. The second-order valence-corrected chi connectivity index (χ2v) is 3.46. The third-order valence-electron chi connectivity index (χ3n) is 1.95. The molecular weight excluding hydrogens is 186 g/mol. The number of rotatable bonds is 5. The standard InChI is InChI=1S/C9H16ClN3/c1-2-6-13-9(4-3-5-11)8(10)7-12-13/h7H,2-6,11H2,1H3. The zero-order chi connectivity index (χ0) is 9.68. The molecule has 0 aromatic carbocycles. The fraction of sp³-hybridized carbons (Fsp3) is 0.667. The lowest BCUT2D eigenvalue weighted by Crippen LogP contribution is -2.07. The van der Waals surface area contributed by atoms with E-state index in [4.69, 9.17) is 17.3 Å². The van der Waals surface area contributed by atoms with Crippen molar-refractivity contribution in [3.63, 3.8) is 0 Å². The predicted octanol–water partition coefficient (Wildman–Crippen LogP) is 1.84. The summed E-state index contributed by atoms with van der Waals surface area (Å²) in [6.45, 7) is 3.77. The highest BCUT2D eigenvalue weighted by molar-refractivity contribution is 6.31. The minimum absolute atomic E-state index is 0.702. The van der Waals surface area contributed by atoms with Gasteiger partial charge in [0, 0.05) is 6.54 Å². The molecule has 0 radical (unpaired) electrons. The molecule has 0 bridgehead atoms. The molecule has 1 aromatic heterocycles. The topological polar surface area (TPSA) is 43.8 Å². The summed E-state index contributed by atoms with van der Waals surface area (Å²) in [5, 5.41) is 4.97. The second kappa shape index (κ2) is 5.25. The van der Waals surface area contributed by atoms with Crippen molar-refractivity contribution in [1.29, 1.82) is 0 Å². The van der Waals surface area contributed by atoms with E-state index < -0.39 is 0 Å². The molecule has 13 heavy (non-hydrogen) atoms. The zero-order valence-electron chi connectivity index (χ0n) is 7.96. The fourth-order valence-corrected chi connectivity index (χ4v) is 1.55. The van der Waals surface area contributed by atoms with Gasteiger partial charge in [-0.05, 0) is 25.8 Å². The first-order chi connectivity index (χ1) is 6.29. The van der Waals surface area contributed by atoms with Gasteiger partial charge in [-0.3, -0.25) is 4.68 Å². The molecule has 1 aromatic rings. The van der Waals surface area contributed by atoms with Gasteiger partial charge in [0.1, 0.15) is 0 Å². The summed E-state index contributed by atoms with van der Waals surface area (Å²) < 4.78 is 1.97. The summed E-state index contributed by atoms with van der Waals surface area (Å²) >= 11 is 5.99. The van der Waals surface area contributed by atoms with Crippen LogP contribution in [0.25, 0.3) is 0 Å². The van der Waals surface area contributed by atoms with Gasteiger partial charge in [-0.1, -0.05) is 18.5 Å². The van der Waals surface area contributed by atoms with Gasteiger partial charge in [-0.2, -0.15) is 5.10 Å². The summed E-state index contributed by atoms with van der Waals surface area (Å²) in [5.41, 5.74) is 6.57. The third kappa shape index (κ3) is 2.71. The van der Waals surface area contributed by atoms with E-state index in [1.165, 1.54) is 0 Å². The molecule has 2 N–H and O–H groups in total. The van der Waals surface area contributed by atoms with Gasteiger partial charge >= 0.3 is 0 Å². The lowest BCUT2D eigenvalue weighted by atomic mass is 10.2. The summed E-state index contributed by atoms with van der Waals surface area (Å²) in [6.07, 6.45) is 4.68. The zero-order valence-corrected chi connectivity index (χ0v) is 8.72. The molecule has 0 aliphatic carbocycles. The van der Waals surface area contributed by atoms with Gasteiger partial charge < -0.3 is 5.73 Å². The van der Waals surface area contributed by atoms with E-state index in [-0.39, 0.29) is 0 Å². The number of halogens is 1. The van der Waals surface area contributed by atoms with E-state index in [0.717, 1.165) is 36.5 Å². The highest BCUT2D eigenvalue weighted by Crippen LogP contribution is 2.16. The van der Waals surface area contributed by atoms with Crippen LogP contribution in [0, 0.1) is 0 Å². The van der Waals surface area contributed by atoms with Crippen LogP contribution in [0.3, 0.4) is 0 Å². The molecule has 4 heteroatoms. The number of hydrogen-bond acceptors (Lipinski definition) is 2. The highest BCUT2D eigenvalue weighted by atomic mass is 35.5. The summed E-state index contributed by atoms with van der Waals surface area (Å²) in [7, 11) is 0. The summed E-state index contributed by atoms with van der Waals surface area (Å²) in [5.74, 6) is 0. The molecule has 0 amide bonds. The quantitative estimate of drug-likeness (QED) is 0.790. The Labute approximate surface area is 83.9 Å². The van der Waals surface area contributed by atoms with Crippen molar-refractivity contribution in [2.45, 2.75) is 32.7 Å². The highest BCUT2D eigenvalue weighted by Gasteiger charge is 2.06. The molecule has 0 unspecified atom stereocenters. The van der Waals surface area contributed by atoms with E-state index in [9.17, 15) is 0 Å². The van der Waals surface area contributed by atoms with Crippen LogP contribution in [-0.2, 0) is 13.0 Å². The SMILES string of the molecule is CCCn1ncc(Cl)c1CCCN. The molecule has 1 rings (SSSR count). The van der Waals surface area contributed by atoms with Gasteiger partial charge in [0.25, 0.3) is 0 Å². The van der Waals surface area contributed by atoms with Crippen molar-refractivity contribution in [3.05, 3.63) is 16.9 Å². The molecule has 0 saturated carbocycles. The Bertz CT molecular complexity index is 257. The first-order valence-corrected chi connectivity index (χ1v) is 5.07. The average molecular weight is 202 g/mol. The minimum atomic E-state index is 0.702. The van der Waals surface area contributed by atoms with Gasteiger partial charge in [-0.25, -0.2) is 0 Å². The Kier molecular flexibility index (Phi) is 4.25. The molecule has 0 spiro atoms. The van der Waals surface area contributed by atoms with Crippen LogP contribution in [-0.4, -0.2) is 16.3 Å². The summed E-state index contributed by atoms with van der Waals surface area (Å²) in [4.78, 5) is 0. The maximum atomic E-state index is 5.99. The van der Waals surface area contributed by atoms with Crippen LogP contribution in [0.5, 0.6) is 0 Å². The molecule has 1 heterocycles. The maximum absolute atomic E-state index is 5.99. The van der Waals surface area contributed by atoms with E-state index >= 15 is 0 Å². The predicted molar refractivity (Wildman–Crippen MR) is 54.9 cm³/mol. The van der Waals surface area contributed by atoms with Crippen LogP contribution in [0.15, 0.2) is 6.20 Å². The number of aromatic nitrogens is 2. The van der Waals surface area contributed by atoms with Gasteiger partial charge in [0.15, 0.2) is 0 Å². The molecule has 0 aliphatic heterocycles.